The Bertz CT molecular complexity index is 593. The molecule has 1 aromatic carbocycles. The number of para-hydroxylation sites is 1. The highest BCUT2D eigenvalue weighted by Crippen LogP contribution is 2.30. The summed E-state index contributed by atoms with van der Waals surface area (Å²) in [6.45, 7) is 4.21. The standard InChI is InChI=1S/C15H17N3O/c1-10(2)11-6-3-4-8-13(11)19-15-12(14(16)17)7-5-9-18-15/h3-10H,1-2H3,(H3,16,17). The number of ether oxygens (including phenoxy) is 1. The van der Waals surface area contributed by atoms with Gasteiger partial charge in [-0.05, 0) is 29.7 Å². The number of hydrogen-bond donors (Lipinski definition) is 2. The van der Waals surface area contributed by atoms with E-state index in [0.717, 1.165) is 11.3 Å². The summed E-state index contributed by atoms with van der Waals surface area (Å²) in [5.74, 6) is 1.41. The van der Waals surface area contributed by atoms with Gasteiger partial charge >= 0.3 is 0 Å². The Morgan fingerprint density at radius 3 is 2.63 bits per heavy atom. The quantitative estimate of drug-likeness (QED) is 0.650. The van der Waals surface area contributed by atoms with Crippen molar-refractivity contribution >= 4 is 5.84 Å². The third-order valence-electron chi connectivity index (χ3n) is 2.81. The zero-order chi connectivity index (χ0) is 13.8. The molecule has 4 heteroatoms. The van der Waals surface area contributed by atoms with Gasteiger partial charge in [0.1, 0.15) is 11.6 Å². The Hall–Kier alpha value is -2.36. The summed E-state index contributed by atoms with van der Waals surface area (Å²) < 4.78 is 5.83. The molecule has 1 aromatic heterocycles. The van der Waals surface area contributed by atoms with Crippen LogP contribution in [0.25, 0.3) is 0 Å². The van der Waals surface area contributed by atoms with Crippen LogP contribution in [0.4, 0.5) is 0 Å². The Morgan fingerprint density at radius 2 is 1.95 bits per heavy atom. The highest BCUT2D eigenvalue weighted by atomic mass is 16.5. The second-order valence-corrected chi connectivity index (χ2v) is 4.56. The molecular formula is C15H17N3O. The third-order valence-corrected chi connectivity index (χ3v) is 2.81. The molecule has 0 radical (unpaired) electrons. The van der Waals surface area contributed by atoms with Crippen molar-refractivity contribution in [3.8, 4) is 11.6 Å². The fourth-order valence-electron chi connectivity index (χ4n) is 1.83. The van der Waals surface area contributed by atoms with Crippen molar-refractivity contribution in [3.63, 3.8) is 0 Å². The van der Waals surface area contributed by atoms with Crippen molar-refractivity contribution in [2.45, 2.75) is 19.8 Å². The maximum absolute atomic E-state index is 7.54. The number of nitrogens with zero attached hydrogens (tertiary/aromatic N) is 1. The first-order chi connectivity index (χ1) is 9.09. The average molecular weight is 255 g/mol. The van der Waals surface area contributed by atoms with Crippen LogP contribution < -0.4 is 10.5 Å². The fraction of sp³-hybridized carbons (Fsp3) is 0.200. The summed E-state index contributed by atoms with van der Waals surface area (Å²) in [7, 11) is 0. The predicted octanol–water partition coefficient (Wildman–Crippen LogP) is 3.28. The van der Waals surface area contributed by atoms with E-state index in [4.69, 9.17) is 15.9 Å². The molecule has 1 heterocycles. The van der Waals surface area contributed by atoms with Crippen LogP contribution in [0.15, 0.2) is 42.6 Å². The van der Waals surface area contributed by atoms with Crippen LogP contribution >= 0.6 is 0 Å². The van der Waals surface area contributed by atoms with Gasteiger partial charge in [0.05, 0.1) is 5.56 Å². The van der Waals surface area contributed by atoms with Gasteiger partial charge in [0.25, 0.3) is 0 Å². The topological polar surface area (TPSA) is 72.0 Å². The SMILES string of the molecule is CC(C)c1ccccc1Oc1ncccc1C(=N)N. The first kappa shape index (κ1) is 13.1. The van der Waals surface area contributed by atoms with Crippen LogP contribution in [0.5, 0.6) is 11.6 Å². The lowest BCUT2D eigenvalue weighted by Gasteiger charge is -2.14. The molecule has 98 valence electrons. The van der Waals surface area contributed by atoms with E-state index in [1.807, 2.05) is 24.3 Å². The Kier molecular flexibility index (Phi) is 3.80. The van der Waals surface area contributed by atoms with Gasteiger partial charge in [-0.2, -0.15) is 0 Å². The van der Waals surface area contributed by atoms with Crippen LogP contribution in [-0.2, 0) is 0 Å². The minimum Gasteiger partial charge on any atom is -0.438 e. The molecule has 0 aliphatic carbocycles. The van der Waals surface area contributed by atoms with E-state index in [2.05, 4.69) is 18.8 Å². The van der Waals surface area contributed by atoms with Gasteiger partial charge in [0.15, 0.2) is 0 Å². The van der Waals surface area contributed by atoms with E-state index in [9.17, 15) is 0 Å². The van der Waals surface area contributed by atoms with E-state index < -0.39 is 0 Å². The number of benzene rings is 1. The number of amidine groups is 1. The second kappa shape index (κ2) is 5.52. The molecule has 2 aromatic rings. The Morgan fingerprint density at radius 1 is 1.21 bits per heavy atom. The molecule has 3 N–H and O–H groups in total. The molecule has 2 rings (SSSR count). The lowest BCUT2D eigenvalue weighted by Crippen LogP contribution is -2.13. The van der Waals surface area contributed by atoms with Crippen molar-refractivity contribution in [2.24, 2.45) is 5.73 Å². The number of aromatic nitrogens is 1. The summed E-state index contributed by atoms with van der Waals surface area (Å²) in [6, 6.07) is 11.3. The van der Waals surface area contributed by atoms with Crippen LogP contribution in [0.2, 0.25) is 0 Å². The first-order valence-electron chi connectivity index (χ1n) is 6.15. The van der Waals surface area contributed by atoms with Gasteiger partial charge in [-0.15, -0.1) is 0 Å². The molecule has 0 spiro atoms. The number of nitrogens with two attached hydrogens (primary N) is 1. The summed E-state index contributed by atoms with van der Waals surface area (Å²) in [4.78, 5) is 4.15. The van der Waals surface area contributed by atoms with Gasteiger partial charge < -0.3 is 10.5 Å². The van der Waals surface area contributed by atoms with Gasteiger partial charge in [-0.25, -0.2) is 4.98 Å². The lowest BCUT2D eigenvalue weighted by atomic mass is 10.0. The summed E-state index contributed by atoms with van der Waals surface area (Å²) in [5, 5.41) is 7.54. The van der Waals surface area contributed by atoms with Gasteiger partial charge in [-0.3, -0.25) is 5.41 Å². The molecule has 0 atom stereocenters. The Balaban J connectivity index is 2.39. The first-order valence-corrected chi connectivity index (χ1v) is 6.15. The van der Waals surface area contributed by atoms with Gasteiger partial charge in [0, 0.05) is 6.20 Å². The smallest absolute Gasteiger partial charge is 0.230 e. The number of hydrogen-bond acceptors (Lipinski definition) is 3. The van der Waals surface area contributed by atoms with Crippen molar-refractivity contribution < 1.29 is 4.74 Å². The molecule has 0 fully saturated rings. The van der Waals surface area contributed by atoms with Crippen LogP contribution in [0, 0.1) is 5.41 Å². The fourth-order valence-corrected chi connectivity index (χ4v) is 1.83. The zero-order valence-corrected chi connectivity index (χ0v) is 11.1. The molecule has 0 unspecified atom stereocenters. The number of nitrogens with one attached hydrogen (secondary N) is 1. The van der Waals surface area contributed by atoms with Crippen LogP contribution in [0.3, 0.4) is 0 Å². The zero-order valence-electron chi connectivity index (χ0n) is 11.1. The minimum absolute atomic E-state index is 0.0508. The van der Waals surface area contributed by atoms with E-state index in [1.165, 1.54) is 0 Å². The molecular weight excluding hydrogens is 238 g/mol. The Labute approximate surface area is 112 Å². The number of rotatable bonds is 4. The molecule has 0 aliphatic rings. The molecule has 0 amide bonds. The maximum Gasteiger partial charge on any atom is 0.230 e. The average Bonchev–Trinajstić information content (AvgIpc) is 2.39. The normalized spacial score (nSPS) is 10.5. The monoisotopic (exact) mass is 255 g/mol. The number of pyridine rings is 1. The van der Waals surface area contributed by atoms with Crippen molar-refractivity contribution in [1.82, 2.24) is 4.98 Å². The predicted molar refractivity (Wildman–Crippen MR) is 75.9 cm³/mol. The van der Waals surface area contributed by atoms with Crippen molar-refractivity contribution in [1.29, 1.82) is 5.41 Å². The van der Waals surface area contributed by atoms with Gasteiger partial charge in [-0.1, -0.05) is 32.0 Å². The summed E-state index contributed by atoms with van der Waals surface area (Å²) >= 11 is 0. The summed E-state index contributed by atoms with van der Waals surface area (Å²) in [5.41, 5.74) is 7.13. The highest BCUT2D eigenvalue weighted by Gasteiger charge is 2.12. The molecule has 19 heavy (non-hydrogen) atoms. The second-order valence-electron chi connectivity index (χ2n) is 4.56. The van der Waals surface area contributed by atoms with Crippen LogP contribution in [-0.4, -0.2) is 10.8 Å². The maximum atomic E-state index is 7.54. The largest absolute Gasteiger partial charge is 0.438 e. The molecule has 0 saturated heterocycles. The van der Waals surface area contributed by atoms with E-state index in [-0.39, 0.29) is 5.84 Å². The molecule has 0 saturated carbocycles. The molecule has 4 nitrogen and oxygen atoms in total. The lowest BCUT2D eigenvalue weighted by molar-refractivity contribution is 0.453. The third kappa shape index (κ3) is 2.91. The van der Waals surface area contributed by atoms with Crippen molar-refractivity contribution in [3.05, 3.63) is 53.7 Å². The van der Waals surface area contributed by atoms with E-state index >= 15 is 0 Å². The van der Waals surface area contributed by atoms with E-state index in [0.29, 0.717) is 17.4 Å². The van der Waals surface area contributed by atoms with Crippen LogP contribution in [0.1, 0.15) is 30.9 Å². The number of nitrogen functional groups attached to an aromatic ring is 1. The minimum atomic E-state index is -0.0508. The van der Waals surface area contributed by atoms with Gasteiger partial charge in [0.2, 0.25) is 5.88 Å². The molecule has 0 aliphatic heterocycles. The highest BCUT2D eigenvalue weighted by molar-refractivity contribution is 5.97. The van der Waals surface area contributed by atoms with E-state index in [1.54, 1.807) is 18.3 Å². The summed E-state index contributed by atoms with van der Waals surface area (Å²) in [6.07, 6.45) is 1.62. The molecule has 0 bridgehead atoms. The van der Waals surface area contributed by atoms with Crippen molar-refractivity contribution in [2.75, 3.05) is 0 Å².